The van der Waals surface area contributed by atoms with Gasteiger partial charge in [-0.1, -0.05) is 6.42 Å². The molecule has 3 heteroatoms. The van der Waals surface area contributed by atoms with E-state index in [9.17, 15) is 0 Å². The quantitative estimate of drug-likeness (QED) is 0.888. The van der Waals surface area contributed by atoms with E-state index < -0.39 is 0 Å². The Hall–Kier alpha value is -0.830. The van der Waals surface area contributed by atoms with Crippen molar-refractivity contribution in [2.45, 2.75) is 58.5 Å². The van der Waals surface area contributed by atoms with Crippen LogP contribution in [0.1, 0.15) is 56.5 Å². The highest BCUT2D eigenvalue weighted by Crippen LogP contribution is 2.50. The molecule has 1 aromatic heterocycles. The van der Waals surface area contributed by atoms with E-state index in [1.54, 1.807) is 0 Å². The summed E-state index contributed by atoms with van der Waals surface area (Å²) in [5.41, 5.74) is 8.76. The van der Waals surface area contributed by atoms with Gasteiger partial charge in [-0.15, -0.1) is 0 Å². The van der Waals surface area contributed by atoms with E-state index in [1.165, 1.54) is 31.4 Å². The van der Waals surface area contributed by atoms with E-state index in [1.807, 2.05) is 0 Å². The fourth-order valence-electron chi connectivity index (χ4n) is 4.23. The summed E-state index contributed by atoms with van der Waals surface area (Å²) >= 11 is 0. The van der Waals surface area contributed by atoms with Crippen molar-refractivity contribution in [2.75, 3.05) is 0 Å². The molecule has 2 aliphatic carbocycles. The van der Waals surface area contributed by atoms with Gasteiger partial charge in [0.25, 0.3) is 0 Å². The van der Waals surface area contributed by atoms with Crippen LogP contribution in [0, 0.1) is 24.7 Å². The molecule has 2 aliphatic rings. The molecule has 1 heterocycles. The number of aryl methyl sites for hydroxylation is 2. The summed E-state index contributed by atoms with van der Waals surface area (Å²) < 4.78 is 2.08. The SMILES string of the molecule is CCn1nc(C)cc1C(N)CC1CC2CCC1C2. The lowest BCUT2D eigenvalue weighted by atomic mass is 9.84. The second kappa shape index (κ2) is 4.69. The molecule has 2 fully saturated rings. The number of hydrogen-bond donors (Lipinski definition) is 1. The van der Waals surface area contributed by atoms with Crippen molar-refractivity contribution in [2.24, 2.45) is 23.5 Å². The summed E-state index contributed by atoms with van der Waals surface area (Å²) in [7, 11) is 0. The van der Waals surface area contributed by atoms with E-state index in [-0.39, 0.29) is 6.04 Å². The number of nitrogens with zero attached hydrogens (tertiary/aromatic N) is 2. The Bertz CT molecular complexity index is 423. The number of rotatable bonds is 4. The summed E-state index contributed by atoms with van der Waals surface area (Å²) in [4.78, 5) is 0. The van der Waals surface area contributed by atoms with Crippen LogP contribution in [0.4, 0.5) is 0 Å². The Kier molecular flexibility index (Phi) is 3.18. The average molecular weight is 247 g/mol. The minimum atomic E-state index is 0.176. The van der Waals surface area contributed by atoms with Gasteiger partial charge >= 0.3 is 0 Å². The van der Waals surface area contributed by atoms with Gasteiger partial charge in [-0.05, 0) is 63.4 Å². The van der Waals surface area contributed by atoms with E-state index >= 15 is 0 Å². The van der Waals surface area contributed by atoms with E-state index in [4.69, 9.17) is 5.73 Å². The van der Waals surface area contributed by atoms with Crippen LogP contribution < -0.4 is 5.73 Å². The van der Waals surface area contributed by atoms with Crippen LogP contribution in [0.15, 0.2) is 6.07 Å². The van der Waals surface area contributed by atoms with Crippen LogP contribution in [0.3, 0.4) is 0 Å². The van der Waals surface area contributed by atoms with Gasteiger partial charge in [0.05, 0.1) is 11.4 Å². The lowest BCUT2D eigenvalue weighted by Gasteiger charge is -2.25. The Morgan fingerprint density at radius 1 is 1.44 bits per heavy atom. The summed E-state index contributed by atoms with van der Waals surface area (Å²) in [6.45, 7) is 5.12. The lowest BCUT2D eigenvalue weighted by Crippen LogP contribution is -2.22. The minimum Gasteiger partial charge on any atom is -0.323 e. The van der Waals surface area contributed by atoms with Gasteiger partial charge < -0.3 is 5.73 Å². The minimum absolute atomic E-state index is 0.176. The Morgan fingerprint density at radius 2 is 2.28 bits per heavy atom. The third-order valence-corrected chi connectivity index (χ3v) is 5.05. The van der Waals surface area contributed by atoms with Crippen molar-refractivity contribution < 1.29 is 0 Å². The first-order valence-electron chi connectivity index (χ1n) is 7.47. The largest absolute Gasteiger partial charge is 0.323 e. The smallest absolute Gasteiger partial charge is 0.0597 e. The van der Waals surface area contributed by atoms with Gasteiger partial charge in [0, 0.05) is 12.6 Å². The summed E-state index contributed by atoms with van der Waals surface area (Å²) in [6, 6.07) is 2.34. The fourth-order valence-corrected chi connectivity index (χ4v) is 4.23. The van der Waals surface area contributed by atoms with E-state index in [0.717, 1.165) is 36.4 Å². The molecule has 2 saturated carbocycles. The second-order valence-corrected chi connectivity index (χ2v) is 6.30. The number of hydrogen-bond acceptors (Lipinski definition) is 2. The van der Waals surface area contributed by atoms with Gasteiger partial charge in [0.1, 0.15) is 0 Å². The maximum atomic E-state index is 6.44. The molecule has 0 radical (unpaired) electrons. The first kappa shape index (κ1) is 12.2. The number of nitrogens with two attached hydrogens (primary N) is 1. The van der Waals surface area contributed by atoms with Crippen LogP contribution in [0.5, 0.6) is 0 Å². The van der Waals surface area contributed by atoms with Crippen molar-refractivity contribution in [3.05, 3.63) is 17.5 Å². The molecular weight excluding hydrogens is 222 g/mol. The van der Waals surface area contributed by atoms with Crippen molar-refractivity contribution in [1.82, 2.24) is 9.78 Å². The molecule has 1 aromatic rings. The molecule has 4 atom stereocenters. The van der Waals surface area contributed by atoms with Gasteiger partial charge in [0.15, 0.2) is 0 Å². The zero-order valence-electron chi connectivity index (χ0n) is 11.6. The zero-order valence-corrected chi connectivity index (χ0v) is 11.6. The highest BCUT2D eigenvalue weighted by molar-refractivity contribution is 5.13. The fraction of sp³-hybridized carbons (Fsp3) is 0.800. The van der Waals surface area contributed by atoms with Gasteiger partial charge in [0.2, 0.25) is 0 Å². The summed E-state index contributed by atoms with van der Waals surface area (Å²) in [6.07, 6.45) is 6.99. The predicted octanol–water partition coefficient (Wildman–Crippen LogP) is 3.04. The topological polar surface area (TPSA) is 43.8 Å². The van der Waals surface area contributed by atoms with Crippen molar-refractivity contribution in [1.29, 1.82) is 0 Å². The highest BCUT2D eigenvalue weighted by Gasteiger charge is 2.40. The molecule has 2 bridgehead atoms. The first-order valence-corrected chi connectivity index (χ1v) is 7.47. The van der Waals surface area contributed by atoms with Gasteiger partial charge in [-0.2, -0.15) is 5.10 Å². The molecule has 3 nitrogen and oxygen atoms in total. The van der Waals surface area contributed by atoms with Gasteiger partial charge in [-0.25, -0.2) is 0 Å². The van der Waals surface area contributed by atoms with Crippen molar-refractivity contribution in [3.8, 4) is 0 Å². The molecule has 0 aromatic carbocycles. The highest BCUT2D eigenvalue weighted by atomic mass is 15.3. The Balaban J connectivity index is 1.69. The molecule has 0 amide bonds. The molecule has 4 unspecified atom stereocenters. The van der Waals surface area contributed by atoms with Gasteiger partial charge in [-0.3, -0.25) is 4.68 Å². The maximum absolute atomic E-state index is 6.44. The summed E-state index contributed by atoms with van der Waals surface area (Å²) in [5, 5.41) is 4.51. The lowest BCUT2D eigenvalue weighted by molar-refractivity contribution is 0.292. The Morgan fingerprint density at radius 3 is 2.89 bits per heavy atom. The monoisotopic (exact) mass is 247 g/mol. The molecule has 0 aliphatic heterocycles. The van der Waals surface area contributed by atoms with Crippen molar-refractivity contribution >= 4 is 0 Å². The van der Waals surface area contributed by atoms with Crippen molar-refractivity contribution in [3.63, 3.8) is 0 Å². The zero-order chi connectivity index (χ0) is 12.7. The molecule has 3 rings (SSSR count). The molecule has 18 heavy (non-hydrogen) atoms. The predicted molar refractivity (Wildman–Crippen MR) is 73.1 cm³/mol. The van der Waals surface area contributed by atoms with Crippen LogP contribution in [0.25, 0.3) is 0 Å². The Labute approximate surface area is 110 Å². The third kappa shape index (κ3) is 2.09. The number of aromatic nitrogens is 2. The average Bonchev–Trinajstić information content (AvgIpc) is 3.02. The first-order chi connectivity index (χ1) is 8.67. The number of fused-ring (bicyclic) bond motifs is 2. The summed E-state index contributed by atoms with van der Waals surface area (Å²) in [5.74, 6) is 2.87. The third-order valence-electron chi connectivity index (χ3n) is 5.05. The van der Waals surface area contributed by atoms with Crippen LogP contribution >= 0.6 is 0 Å². The van der Waals surface area contributed by atoms with E-state index in [0.29, 0.717) is 0 Å². The molecule has 2 N–H and O–H groups in total. The van der Waals surface area contributed by atoms with Crippen LogP contribution in [-0.4, -0.2) is 9.78 Å². The molecule has 0 spiro atoms. The molecular formula is C15H25N3. The van der Waals surface area contributed by atoms with Crippen LogP contribution in [0.2, 0.25) is 0 Å². The second-order valence-electron chi connectivity index (χ2n) is 6.30. The maximum Gasteiger partial charge on any atom is 0.0597 e. The normalized spacial score (nSPS) is 32.1. The molecule has 100 valence electrons. The standard InChI is InChI=1S/C15H25N3/c1-3-18-15(6-10(2)17-18)14(16)9-13-8-11-4-5-12(13)7-11/h6,11-14H,3-5,7-9,16H2,1-2H3. The molecule has 0 saturated heterocycles. The van der Waals surface area contributed by atoms with E-state index in [2.05, 4.69) is 29.7 Å². The van der Waals surface area contributed by atoms with Crippen LogP contribution in [-0.2, 0) is 6.54 Å².